The van der Waals surface area contributed by atoms with Gasteiger partial charge in [-0.15, -0.1) is 0 Å². The maximum atomic E-state index is 12.2. The van der Waals surface area contributed by atoms with Crippen molar-refractivity contribution in [2.45, 2.75) is 32.4 Å². The molecule has 1 aliphatic heterocycles. The first kappa shape index (κ1) is 20.2. The topological polar surface area (TPSA) is 78.5 Å². The molecule has 0 saturated carbocycles. The highest BCUT2D eigenvalue weighted by Crippen LogP contribution is 2.26. The first-order chi connectivity index (χ1) is 13.3. The van der Waals surface area contributed by atoms with E-state index in [4.69, 9.17) is 23.2 Å². The standard InChI is InChI=1S/C20H19Cl2N3O3/c1-12(16-7-4-14(21)10-17(16)22)23-20(28)24-15-5-2-13(3-6-15)11-25-18(26)8-9-19(25)27/h2-7,10,12H,8-9,11H2,1H3,(H2,23,24,28)/t12-/m1/s1. The van der Waals surface area contributed by atoms with Crippen LogP contribution in [0.2, 0.25) is 10.0 Å². The number of halogens is 2. The van der Waals surface area contributed by atoms with Crippen molar-refractivity contribution in [3.8, 4) is 0 Å². The molecule has 3 rings (SSSR count). The Labute approximate surface area is 172 Å². The Morgan fingerprint density at radius 1 is 1.07 bits per heavy atom. The quantitative estimate of drug-likeness (QED) is 0.698. The summed E-state index contributed by atoms with van der Waals surface area (Å²) in [4.78, 5) is 36.9. The zero-order chi connectivity index (χ0) is 20.3. The van der Waals surface area contributed by atoms with E-state index in [1.165, 1.54) is 4.90 Å². The highest BCUT2D eigenvalue weighted by molar-refractivity contribution is 6.35. The highest BCUT2D eigenvalue weighted by atomic mass is 35.5. The van der Waals surface area contributed by atoms with Crippen molar-refractivity contribution in [2.75, 3.05) is 5.32 Å². The molecule has 2 aromatic rings. The second kappa shape index (κ2) is 8.63. The van der Waals surface area contributed by atoms with Crippen LogP contribution in [0.25, 0.3) is 0 Å². The monoisotopic (exact) mass is 419 g/mol. The number of hydrogen-bond donors (Lipinski definition) is 2. The van der Waals surface area contributed by atoms with Crippen molar-refractivity contribution in [1.82, 2.24) is 10.2 Å². The predicted octanol–water partition coefficient (Wildman–Crippen LogP) is 4.53. The van der Waals surface area contributed by atoms with Crippen LogP contribution in [-0.2, 0) is 16.1 Å². The lowest BCUT2D eigenvalue weighted by Gasteiger charge is -2.17. The third-order valence-electron chi connectivity index (χ3n) is 4.48. The van der Waals surface area contributed by atoms with Gasteiger partial charge in [0.15, 0.2) is 0 Å². The van der Waals surface area contributed by atoms with Gasteiger partial charge in [0, 0.05) is 28.6 Å². The van der Waals surface area contributed by atoms with E-state index in [0.717, 1.165) is 11.1 Å². The lowest BCUT2D eigenvalue weighted by atomic mass is 10.1. The number of rotatable bonds is 5. The molecule has 1 aliphatic rings. The van der Waals surface area contributed by atoms with Crippen LogP contribution in [0.4, 0.5) is 10.5 Å². The van der Waals surface area contributed by atoms with Crippen molar-refractivity contribution in [3.63, 3.8) is 0 Å². The Balaban J connectivity index is 1.57. The van der Waals surface area contributed by atoms with Gasteiger partial charge in [0.2, 0.25) is 11.8 Å². The highest BCUT2D eigenvalue weighted by Gasteiger charge is 2.28. The number of urea groups is 1. The summed E-state index contributed by atoms with van der Waals surface area (Å²) in [5.41, 5.74) is 2.17. The van der Waals surface area contributed by atoms with Crippen LogP contribution in [-0.4, -0.2) is 22.7 Å². The second-order valence-electron chi connectivity index (χ2n) is 6.56. The van der Waals surface area contributed by atoms with Crippen LogP contribution in [0.15, 0.2) is 42.5 Å². The van der Waals surface area contributed by atoms with Gasteiger partial charge in [-0.25, -0.2) is 4.79 Å². The minimum Gasteiger partial charge on any atom is -0.331 e. The summed E-state index contributed by atoms with van der Waals surface area (Å²) in [7, 11) is 0. The Morgan fingerprint density at radius 2 is 1.71 bits per heavy atom. The zero-order valence-electron chi connectivity index (χ0n) is 15.2. The number of amides is 4. The second-order valence-corrected chi connectivity index (χ2v) is 7.40. The fourth-order valence-electron chi connectivity index (χ4n) is 2.97. The molecule has 2 aromatic carbocycles. The lowest BCUT2D eigenvalue weighted by Crippen LogP contribution is -2.31. The van der Waals surface area contributed by atoms with Crippen molar-refractivity contribution >= 4 is 46.7 Å². The fourth-order valence-corrected chi connectivity index (χ4v) is 3.54. The van der Waals surface area contributed by atoms with E-state index in [-0.39, 0.29) is 43.3 Å². The Hall–Kier alpha value is -2.57. The Bertz CT molecular complexity index is 899. The van der Waals surface area contributed by atoms with E-state index in [0.29, 0.717) is 15.7 Å². The lowest BCUT2D eigenvalue weighted by molar-refractivity contribution is -0.139. The molecule has 8 heteroatoms. The number of benzene rings is 2. The number of hydrogen-bond acceptors (Lipinski definition) is 3. The number of carbonyl (C=O) groups is 3. The number of carbonyl (C=O) groups excluding carboxylic acids is 3. The minimum atomic E-state index is -0.379. The van der Waals surface area contributed by atoms with Crippen LogP contribution in [0.1, 0.15) is 36.9 Å². The van der Waals surface area contributed by atoms with Gasteiger partial charge in [-0.05, 0) is 42.3 Å². The molecule has 2 N–H and O–H groups in total. The summed E-state index contributed by atoms with van der Waals surface area (Å²) in [6.07, 6.45) is 0.545. The van der Waals surface area contributed by atoms with Gasteiger partial charge in [-0.2, -0.15) is 0 Å². The molecule has 0 radical (unpaired) electrons. The van der Waals surface area contributed by atoms with E-state index < -0.39 is 0 Å². The summed E-state index contributed by atoms with van der Waals surface area (Å²) in [6, 6.07) is 11.4. The third-order valence-corrected chi connectivity index (χ3v) is 5.05. The molecule has 0 bridgehead atoms. The number of anilines is 1. The average Bonchev–Trinajstić information content (AvgIpc) is 2.95. The van der Waals surface area contributed by atoms with E-state index >= 15 is 0 Å². The molecule has 146 valence electrons. The van der Waals surface area contributed by atoms with Gasteiger partial charge >= 0.3 is 6.03 Å². The van der Waals surface area contributed by atoms with Crippen LogP contribution in [0.5, 0.6) is 0 Å². The smallest absolute Gasteiger partial charge is 0.319 e. The van der Waals surface area contributed by atoms with Crippen molar-refractivity contribution in [2.24, 2.45) is 0 Å². The zero-order valence-corrected chi connectivity index (χ0v) is 16.7. The molecule has 1 heterocycles. The molecular weight excluding hydrogens is 401 g/mol. The molecule has 4 amide bonds. The van der Waals surface area contributed by atoms with E-state index in [1.54, 1.807) is 42.5 Å². The first-order valence-corrected chi connectivity index (χ1v) is 9.53. The van der Waals surface area contributed by atoms with Gasteiger partial charge in [0.25, 0.3) is 0 Å². The predicted molar refractivity (Wildman–Crippen MR) is 108 cm³/mol. The van der Waals surface area contributed by atoms with E-state index in [9.17, 15) is 14.4 Å². The van der Waals surface area contributed by atoms with E-state index in [2.05, 4.69) is 10.6 Å². The van der Waals surface area contributed by atoms with Gasteiger partial charge in [0.05, 0.1) is 12.6 Å². The normalized spacial score (nSPS) is 14.9. The first-order valence-electron chi connectivity index (χ1n) is 8.78. The molecule has 6 nitrogen and oxygen atoms in total. The molecule has 1 saturated heterocycles. The third kappa shape index (κ3) is 4.82. The molecule has 0 aromatic heterocycles. The Kier molecular flexibility index (Phi) is 6.21. The number of likely N-dealkylation sites (tertiary alicyclic amines) is 1. The summed E-state index contributed by atoms with van der Waals surface area (Å²) in [5, 5.41) is 6.57. The molecular formula is C20H19Cl2N3O3. The fraction of sp³-hybridized carbons (Fsp3) is 0.250. The molecule has 1 atom stereocenters. The van der Waals surface area contributed by atoms with Crippen LogP contribution < -0.4 is 10.6 Å². The van der Waals surface area contributed by atoms with Gasteiger partial charge in [-0.1, -0.05) is 41.4 Å². The van der Waals surface area contributed by atoms with Crippen LogP contribution >= 0.6 is 23.2 Å². The maximum absolute atomic E-state index is 12.2. The summed E-state index contributed by atoms with van der Waals surface area (Å²) in [5.74, 6) is -0.303. The molecule has 1 fully saturated rings. The van der Waals surface area contributed by atoms with Gasteiger partial charge < -0.3 is 10.6 Å². The van der Waals surface area contributed by atoms with Gasteiger partial charge in [0.1, 0.15) is 0 Å². The van der Waals surface area contributed by atoms with Crippen LogP contribution in [0, 0.1) is 0 Å². The number of nitrogens with zero attached hydrogens (tertiary/aromatic N) is 1. The Morgan fingerprint density at radius 3 is 2.32 bits per heavy atom. The summed E-state index contributed by atoms with van der Waals surface area (Å²) < 4.78 is 0. The van der Waals surface area contributed by atoms with Crippen molar-refractivity contribution in [3.05, 3.63) is 63.6 Å². The molecule has 0 aliphatic carbocycles. The van der Waals surface area contributed by atoms with Crippen molar-refractivity contribution < 1.29 is 14.4 Å². The SMILES string of the molecule is C[C@@H](NC(=O)Nc1ccc(CN2C(=O)CCC2=O)cc1)c1ccc(Cl)cc1Cl. The summed E-state index contributed by atoms with van der Waals surface area (Å²) in [6.45, 7) is 2.07. The molecule has 28 heavy (non-hydrogen) atoms. The number of nitrogens with one attached hydrogen (secondary N) is 2. The van der Waals surface area contributed by atoms with Gasteiger partial charge in [-0.3, -0.25) is 14.5 Å². The van der Waals surface area contributed by atoms with Crippen molar-refractivity contribution in [1.29, 1.82) is 0 Å². The van der Waals surface area contributed by atoms with E-state index in [1.807, 2.05) is 6.92 Å². The minimum absolute atomic E-state index is 0.151. The number of imide groups is 1. The maximum Gasteiger partial charge on any atom is 0.319 e. The molecule has 0 spiro atoms. The average molecular weight is 420 g/mol. The van der Waals surface area contributed by atoms with Crippen LogP contribution in [0.3, 0.4) is 0 Å². The molecule has 0 unspecified atom stereocenters. The largest absolute Gasteiger partial charge is 0.331 e. The summed E-state index contributed by atoms with van der Waals surface area (Å²) >= 11 is 12.1.